The second-order valence-corrected chi connectivity index (χ2v) is 7.01. The molecule has 2 rings (SSSR count). The van der Waals surface area contributed by atoms with Crippen molar-refractivity contribution in [2.75, 3.05) is 18.6 Å². The Hall–Kier alpha value is -2.94. The van der Waals surface area contributed by atoms with Gasteiger partial charge in [0.05, 0.1) is 9.82 Å². The third kappa shape index (κ3) is 3.87. The molecule has 0 saturated carbocycles. The highest BCUT2D eigenvalue weighted by molar-refractivity contribution is 7.90. The van der Waals surface area contributed by atoms with Crippen molar-refractivity contribution in [1.82, 2.24) is 5.32 Å². The summed E-state index contributed by atoms with van der Waals surface area (Å²) in [6, 6.07) is 9.97. The molecule has 1 amide bonds. The first-order valence-electron chi connectivity index (χ1n) is 6.80. The average molecular weight is 349 g/mol. The molecule has 0 aliphatic rings. The van der Waals surface area contributed by atoms with Gasteiger partial charge in [0, 0.05) is 30.6 Å². The standard InChI is InChI=1S/C15H15N3O5S/c1-16-15(19)10-3-5-11(6-4-10)17-13-8-7-12(24(2,22)23)9-14(13)18(20)21/h3-9,17H,1-2H3,(H,16,19). The van der Waals surface area contributed by atoms with Gasteiger partial charge in [0.25, 0.3) is 11.6 Å². The zero-order chi connectivity index (χ0) is 17.9. The molecular formula is C15H15N3O5S. The van der Waals surface area contributed by atoms with Gasteiger partial charge in [-0.3, -0.25) is 14.9 Å². The molecule has 0 spiro atoms. The summed E-state index contributed by atoms with van der Waals surface area (Å²) in [5.74, 6) is -0.245. The van der Waals surface area contributed by atoms with Gasteiger partial charge in [0.2, 0.25) is 0 Å². The number of sulfone groups is 1. The summed E-state index contributed by atoms with van der Waals surface area (Å²) in [5, 5.41) is 16.5. The SMILES string of the molecule is CNC(=O)c1ccc(Nc2ccc(S(C)(=O)=O)cc2[N+](=O)[O-])cc1. The molecule has 0 aromatic heterocycles. The molecule has 2 aromatic rings. The maximum atomic E-state index is 11.5. The number of carbonyl (C=O) groups is 1. The number of nitro groups is 1. The molecule has 2 N–H and O–H groups in total. The van der Waals surface area contributed by atoms with Gasteiger partial charge in [-0.25, -0.2) is 8.42 Å². The number of benzene rings is 2. The zero-order valence-electron chi connectivity index (χ0n) is 12.9. The van der Waals surface area contributed by atoms with E-state index in [1.807, 2.05) is 0 Å². The number of hydrogen-bond acceptors (Lipinski definition) is 6. The lowest BCUT2D eigenvalue weighted by atomic mass is 10.2. The summed E-state index contributed by atoms with van der Waals surface area (Å²) >= 11 is 0. The van der Waals surface area contributed by atoms with E-state index in [1.165, 1.54) is 19.2 Å². The van der Waals surface area contributed by atoms with Crippen LogP contribution in [-0.2, 0) is 9.84 Å². The maximum Gasteiger partial charge on any atom is 0.293 e. The molecule has 0 fully saturated rings. The fraction of sp³-hybridized carbons (Fsp3) is 0.133. The second kappa shape index (κ2) is 6.67. The molecule has 9 heteroatoms. The highest BCUT2D eigenvalue weighted by atomic mass is 32.2. The molecular weight excluding hydrogens is 334 g/mol. The lowest BCUT2D eigenvalue weighted by molar-refractivity contribution is -0.384. The molecule has 0 aliphatic carbocycles. The van der Waals surface area contributed by atoms with Crippen LogP contribution in [0.25, 0.3) is 0 Å². The number of nitrogens with zero attached hydrogens (tertiary/aromatic N) is 1. The normalized spacial score (nSPS) is 10.9. The van der Waals surface area contributed by atoms with Crippen molar-refractivity contribution < 1.29 is 18.1 Å². The van der Waals surface area contributed by atoms with E-state index in [0.717, 1.165) is 12.3 Å². The summed E-state index contributed by atoms with van der Waals surface area (Å²) in [7, 11) is -2.03. The van der Waals surface area contributed by atoms with Crippen molar-refractivity contribution in [2.45, 2.75) is 4.90 Å². The molecule has 24 heavy (non-hydrogen) atoms. The number of nitrogens with one attached hydrogen (secondary N) is 2. The van der Waals surface area contributed by atoms with Gasteiger partial charge < -0.3 is 10.6 Å². The van der Waals surface area contributed by atoms with E-state index in [-0.39, 0.29) is 22.2 Å². The number of amides is 1. The summed E-state index contributed by atoms with van der Waals surface area (Å²) in [5.41, 5.74) is 0.774. The molecule has 0 radical (unpaired) electrons. The predicted molar refractivity (Wildman–Crippen MR) is 89.3 cm³/mol. The summed E-state index contributed by atoms with van der Waals surface area (Å²) in [6.07, 6.45) is 0.983. The monoisotopic (exact) mass is 349 g/mol. The molecule has 0 saturated heterocycles. The van der Waals surface area contributed by atoms with Crippen LogP contribution < -0.4 is 10.6 Å². The highest BCUT2D eigenvalue weighted by Gasteiger charge is 2.18. The van der Waals surface area contributed by atoms with Gasteiger partial charge in [-0.2, -0.15) is 0 Å². The van der Waals surface area contributed by atoms with Crippen molar-refractivity contribution >= 4 is 32.8 Å². The van der Waals surface area contributed by atoms with Crippen LogP contribution in [0.5, 0.6) is 0 Å². The minimum absolute atomic E-state index is 0.130. The summed E-state index contributed by atoms with van der Waals surface area (Å²) < 4.78 is 23.1. The molecule has 0 atom stereocenters. The van der Waals surface area contributed by atoms with E-state index < -0.39 is 14.8 Å². The van der Waals surface area contributed by atoms with Crippen LogP contribution >= 0.6 is 0 Å². The van der Waals surface area contributed by atoms with Gasteiger partial charge in [-0.1, -0.05) is 0 Å². The topological polar surface area (TPSA) is 118 Å². The molecule has 0 aliphatic heterocycles. The largest absolute Gasteiger partial charge is 0.355 e. The van der Waals surface area contributed by atoms with E-state index in [9.17, 15) is 23.3 Å². The maximum absolute atomic E-state index is 11.5. The van der Waals surface area contributed by atoms with Gasteiger partial charge in [-0.15, -0.1) is 0 Å². The summed E-state index contributed by atoms with van der Waals surface area (Å²) in [4.78, 5) is 21.9. The Kier molecular flexibility index (Phi) is 4.84. The first-order valence-corrected chi connectivity index (χ1v) is 8.69. The van der Waals surface area contributed by atoms with Gasteiger partial charge in [0.15, 0.2) is 9.84 Å². The van der Waals surface area contributed by atoms with E-state index in [1.54, 1.807) is 24.3 Å². The van der Waals surface area contributed by atoms with Crippen molar-refractivity contribution in [3.05, 3.63) is 58.1 Å². The van der Waals surface area contributed by atoms with Crippen LogP contribution in [0.2, 0.25) is 0 Å². The van der Waals surface area contributed by atoms with Crippen molar-refractivity contribution in [2.24, 2.45) is 0 Å². The highest BCUT2D eigenvalue weighted by Crippen LogP contribution is 2.30. The lowest BCUT2D eigenvalue weighted by Gasteiger charge is -2.09. The van der Waals surface area contributed by atoms with E-state index in [4.69, 9.17) is 0 Å². The third-order valence-corrected chi connectivity index (χ3v) is 4.36. The number of anilines is 2. The van der Waals surface area contributed by atoms with E-state index in [0.29, 0.717) is 11.3 Å². The van der Waals surface area contributed by atoms with Crippen molar-refractivity contribution in [3.8, 4) is 0 Å². The van der Waals surface area contributed by atoms with E-state index in [2.05, 4.69) is 10.6 Å². The van der Waals surface area contributed by atoms with E-state index >= 15 is 0 Å². The van der Waals surface area contributed by atoms with Gasteiger partial charge in [-0.05, 0) is 36.4 Å². The quantitative estimate of drug-likeness (QED) is 0.630. The van der Waals surface area contributed by atoms with Crippen LogP contribution in [0.15, 0.2) is 47.4 Å². The number of rotatable bonds is 5. The number of nitro benzene ring substituents is 1. The average Bonchev–Trinajstić information content (AvgIpc) is 2.54. The Labute approximate surface area is 138 Å². The van der Waals surface area contributed by atoms with Gasteiger partial charge >= 0.3 is 0 Å². The smallest absolute Gasteiger partial charge is 0.293 e. The Bertz CT molecular complexity index is 892. The minimum atomic E-state index is -3.54. The first kappa shape index (κ1) is 17.4. The van der Waals surface area contributed by atoms with Crippen LogP contribution in [0.1, 0.15) is 10.4 Å². The Morgan fingerprint density at radius 2 is 1.75 bits per heavy atom. The zero-order valence-corrected chi connectivity index (χ0v) is 13.8. The fourth-order valence-electron chi connectivity index (χ4n) is 2.00. The molecule has 2 aromatic carbocycles. The third-order valence-electron chi connectivity index (χ3n) is 3.25. The lowest BCUT2D eigenvalue weighted by Crippen LogP contribution is -2.17. The second-order valence-electron chi connectivity index (χ2n) is 4.99. The van der Waals surface area contributed by atoms with Crippen LogP contribution in [-0.4, -0.2) is 32.6 Å². The summed E-state index contributed by atoms with van der Waals surface area (Å²) in [6.45, 7) is 0. The predicted octanol–water partition coefficient (Wildman–Crippen LogP) is 2.10. The molecule has 126 valence electrons. The van der Waals surface area contributed by atoms with Crippen LogP contribution in [0, 0.1) is 10.1 Å². The van der Waals surface area contributed by atoms with Gasteiger partial charge in [0.1, 0.15) is 5.69 Å². The van der Waals surface area contributed by atoms with Crippen LogP contribution in [0.3, 0.4) is 0 Å². The Balaban J connectivity index is 2.35. The molecule has 0 heterocycles. The van der Waals surface area contributed by atoms with Crippen molar-refractivity contribution in [3.63, 3.8) is 0 Å². The van der Waals surface area contributed by atoms with Crippen molar-refractivity contribution in [1.29, 1.82) is 0 Å². The Morgan fingerprint density at radius 3 is 2.25 bits per heavy atom. The molecule has 0 bridgehead atoms. The minimum Gasteiger partial charge on any atom is -0.355 e. The van der Waals surface area contributed by atoms with Crippen LogP contribution in [0.4, 0.5) is 17.1 Å². The first-order chi connectivity index (χ1) is 11.2. The number of hydrogen-bond donors (Lipinski definition) is 2. The Morgan fingerprint density at radius 1 is 1.12 bits per heavy atom. The number of carbonyl (C=O) groups excluding carboxylic acids is 1. The molecule has 8 nitrogen and oxygen atoms in total. The molecule has 0 unspecified atom stereocenters. The fourth-order valence-corrected chi connectivity index (χ4v) is 2.64.